The van der Waals surface area contributed by atoms with Gasteiger partial charge in [0.15, 0.2) is 0 Å². The minimum atomic E-state index is -0.0785. The third kappa shape index (κ3) is 4.28. The normalized spacial score (nSPS) is 20.0. The highest BCUT2D eigenvalue weighted by Crippen LogP contribution is 2.09. The van der Waals surface area contributed by atoms with Crippen molar-refractivity contribution in [2.45, 2.75) is 26.9 Å². The number of hydrogen-bond acceptors (Lipinski definition) is 4. The second kappa shape index (κ2) is 7.04. The number of amides is 1. The van der Waals surface area contributed by atoms with Crippen molar-refractivity contribution < 1.29 is 9.53 Å². The fourth-order valence-electron chi connectivity index (χ4n) is 2.61. The van der Waals surface area contributed by atoms with E-state index in [0.29, 0.717) is 18.0 Å². The summed E-state index contributed by atoms with van der Waals surface area (Å²) in [6, 6.07) is 0. The molecule has 0 aliphatic carbocycles. The Labute approximate surface area is 126 Å². The molecule has 1 aromatic heterocycles. The fourth-order valence-corrected chi connectivity index (χ4v) is 2.61. The summed E-state index contributed by atoms with van der Waals surface area (Å²) in [7, 11) is 1.83. The Balaban J connectivity index is 1.82. The van der Waals surface area contributed by atoms with Crippen LogP contribution in [0, 0.1) is 12.8 Å². The largest absolute Gasteiger partial charge is 0.374 e. The molecule has 1 N–H and O–H groups in total. The Morgan fingerprint density at radius 3 is 2.95 bits per heavy atom. The SMILES string of the molecule is Cc1c(C(=O)NCC2CN(CC(C)C)CCO2)cnn1C. The zero-order valence-corrected chi connectivity index (χ0v) is 13.4. The molecule has 21 heavy (non-hydrogen) atoms. The predicted molar refractivity (Wildman–Crippen MR) is 81.3 cm³/mol. The van der Waals surface area contributed by atoms with Crippen molar-refractivity contribution in [3.8, 4) is 0 Å². The first-order valence-corrected chi connectivity index (χ1v) is 7.58. The highest BCUT2D eigenvalue weighted by molar-refractivity contribution is 5.95. The first-order chi connectivity index (χ1) is 9.97. The van der Waals surface area contributed by atoms with Gasteiger partial charge in [-0.15, -0.1) is 0 Å². The number of aryl methyl sites for hydroxylation is 1. The molecule has 1 amide bonds. The predicted octanol–water partition coefficient (Wildman–Crippen LogP) is 0.815. The topological polar surface area (TPSA) is 59.4 Å². The average molecular weight is 294 g/mol. The van der Waals surface area contributed by atoms with E-state index in [0.717, 1.165) is 31.9 Å². The van der Waals surface area contributed by atoms with Gasteiger partial charge in [-0.2, -0.15) is 5.10 Å². The molecule has 1 fully saturated rings. The minimum Gasteiger partial charge on any atom is -0.374 e. The van der Waals surface area contributed by atoms with Gasteiger partial charge in [0, 0.05) is 38.9 Å². The van der Waals surface area contributed by atoms with Crippen LogP contribution < -0.4 is 5.32 Å². The van der Waals surface area contributed by atoms with Crippen molar-refractivity contribution in [2.24, 2.45) is 13.0 Å². The summed E-state index contributed by atoms with van der Waals surface area (Å²) >= 11 is 0. The van der Waals surface area contributed by atoms with Crippen LogP contribution in [0.4, 0.5) is 0 Å². The van der Waals surface area contributed by atoms with Gasteiger partial charge >= 0.3 is 0 Å². The van der Waals surface area contributed by atoms with Gasteiger partial charge in [-0.25, -0.2) is 0 Å². The molecule has 2 rings (SSSR count). The lowest BCUT2D eigenvalue weighted by Crippen LogP contribution is -2.48. The average Bonchev–Trinajstić information content (AvgIpc) is 2.76. The maximum atomic E-state index is 12.1. The molecule has 0 bridgehead atoms. The number of nitrogens with one attached hydrogen (secondary N) is 1. The van der Waals surface area contributed by atoms with Gasteiger partial charge in [0.25, 0.3) is 5.91 Å². The maximum Gasteiger partial charge on any atom is 0.254 e. The minimum absolute atomic E-state index is 0.0680. The highest BCUT2D eigenvalue weighted by atomic mass is 16.5. The van der Waals surface area contributed by atoms with Crippen LogP contribution in [0.15, 0.2) is 6.20 Å². The molecule has 118 valence electrons. The number of carbonyl (C=O) groups is 1. The van der Waals surface area contributed by atoms with Crippen LogP contribution in [0.1, 0.15) is 29.9 Å². The standard InChI is InChI=1S/C15H26N4O2/c1-11(2)9-19-5-6-21-13(10-19)7-16-15(20)14-8-17-18(4)12(14)3/h8,11,13H,5-7,9-10H2,1-4H3,(H,16,20). The second-order valence-electron chi connectivity index (χ2n) is 6.12. The monoisotopic (exact) mass is 294 g/mol. The van der Waals surface area contributed by atoms with Crippen LogP contribution in [0.25, 0.3) is 0 Å². The van der Waals surface area contributed by atoms with Crippen LogP contribution >= 0.6 is 0 Å². The number of ether oxygens (including phenoxy) is 1. The van der Waals surface area contributed by atoms with Gasteiger partial charge in [-0.05, 0) is 12.8 Å². The van der Waals surface area contributed by atoms with E-state index < -0.39 is 0 Å². The van der Waals surface area contributed by atoms with Crippen LogP contribution in [0.5, 0.6) is 0 Å². The maximum absolute atomic E-state index is 12.1. The fraction of sp³-hybridized carbons (Fsp3) is 0.733. The lowest BCUT2D eigenvalue weighted by Gasteiger charge is -2.33. The van der Waals surface area contributed by atoms with Crippen LogP contribution in [-0.2, 0) is 11.8 Å². The lowest BCUT2D eigenvalue weighted by atomic mass is 10.1. The van der Waals surface area contributed by atoms with Crippen LogP contribution in [0.2, 0.25) is 0 Å². The molecule has 0 aromatic carbocycles. The van der Waals surface area contributed by atoms with Crippen molar-refractivity contribution in [1.82, 2.24) is 20.0 Å². The summed E-state index contributed by atoms with van der Waals surface area (Å²) in [6.45, 7) is 10.5. The van der Waals surface area contributed by atoms with E-state index in [1.165, 1.54) is 0 Å². The van der Waals surface area contributed by atoms with Crippen molar-refractivity contribution in [3.63, 3.8) is 0 Å². The van der Waals surface area contributed by atoms with E-state index in [1.54, 1.807) is 10.9 Å². The molecule has 0 spiro atoms. The van der Waals surface area contributed by atoms with E-state index in [4.69, 9.17) is 4.74 Å². The number of carbonyl (C=O) groups excluding carboxylic acids is 1. The van der Waals surface area contributed by atoms with Gasteiger partial charge in [-0.3, -0.25) is 14.4 Å². The number of nitrogens with zero attached hydrogens (tertiary/aromatic N) is 3. The molecule has 1 aromatic rings. The van der Waals surface area contributed by atoms with Gasteiger partial charge in [0.05, 0.1) is 24.5 Å². The van der Waals surface area contributed by atoms with E-state index >= 15 is 0 Å². The lowest BCUT2D eigenvalue weighted by molar-refractivity contribution is -0.0295. The third-order valence-electron chi connectivity index (χ3n) is 3.82. The van der Waals surface area contributed by atoms with Crippen molar-refractivity contribution in [2.75, 3.05) is 32.8 Å². The van der Waals surface area contributed by atoms with Gasteiger partial charge in [0.1, 0.15) is 0 Å². The molecule has 1 atom stereocenters. The smallest absolute Gasteiger partial charge is 0.254 e. The molecule has 1 aliphatic rings. The Bertz CT molecular complexity index is 484. The Hall–Kier alpha value is -1.40. The molecule has 1 unspecified atom stereocenters. The number of rotatable bonds is 5. The summed E-state index contributed by atoms with van der Waals surface area (Å²) in [5.41, 5.74) is 1.51. The Morgan fingerprint density at radius 1 is 1.57 bits per heavy atom. The zero-order chi connectivity index (χ0) is 15.4. The van der Waals surface area contributed by atoms with Crippen molar-refractivity contribution >= 4 is 5.91 Å². The quantitative estimate of drug-likeness (QED) is 0.873. The summed E-state index contributed by atoms with van der Waals surface area (Å²) < 4.78 is 7.44. The molecule has 1 aliphatic heterocycles. The van der Waals surface area contributed by atoms with Gasteiger partial charge in [-0.1, -0.05) is 13.8 Å². The van der Waals surface area contributed by atoms with E-state index in [9.17, 15) is 4.79 Å². The zero-order valence-electron chi connectivity index (χ0n) is 13.4. The van der Waals surface area contributed by atoms with Crippen LogP contribution in [0.3, 0.4) is 0 Å². The molecule has 6 nitrogen and oxygen atoms in total. The summed E-state index contributed by atoms with van der Waals surface area (Å²) in [5, 5.41) is 7.05. The molecule has 0 radical (unpaired) electrons. The van der Waals surface area contributed by atoms with E-state index in [2.05, 4.69) is 29.2 Å². The Morgan fingerprint density at radius 2 is 2.33 bits per heavy atom. The van der Waals surface area contributed by atoms with E-state index in [1.807, 2.05) is 14.0 Å². The third-order valence-corrected chi connectivity index (χ3v) is 3.82. The first kappa shape index (κ1) is 16.0. The first-order valence-electron chi connectivity index (χ1n) is 7.58. The summed E-state index contributed by atoms with van der Waals surface area (Å²) in [4.78, 5) is 14.6. The summed E-state index contributed by atoms with van der Waals surface area (Å²) in [6.07, 6.45) is 1.68. The number of hydrogen-bond donors (Lipinski definition) is 1. The number of aromatic nitrogens is 2. The van der Waals surface area contributed by atoms with Crippen molar-refractivity contribution in [3.05, 3.63) is 17.5 Å². The van der Waals surface area contributed by atoms with Gasteiger partial charge in [0.2, 0.25) is 0 Å². The summed E-state index contributed by atoms with van der Waals surface area (Å²) in [5.74, 6) is 0.571. The Kier molecular flexibility index (Phi) is 5.36. The second-order valence-corrected chi connectivity index (χ2v) is 6.12. The molecule has 1 saturated heterocycles. The highest BCUT2D eigenvalue weighted by Gasteiger charge is 2.22. The molecule has 6 heteroatoms. The van der Waals surface area contributed by atoms with E-state index in [-0.39, 0.29) is 12.0 Å². The van der Waals surface area contributed by atoms with Gasteiger partial charge < -0.3 is 10.1 Å². The number of morpholine rings is 1. The molecule has 0 saturated carbocycles. The molecular formula is C15H26N4O2. The molecular weight excluding hydrogens is 268 g/mol. The van der Waals surface area contributed by atoms with Crippen molar-refractivity contribution in [1.29, 1.82) is 0 Å². The molecule has 2 heterocycles. The van der Waals surface area contributed by atoms with Crippen LogP contribution in [-0.4, -0.2) is 59.5 Å².